The second-order valence-corrected chi connectivity index (χ2v) is 4.16. The van der Waals surface area contributed by atoms with Crippen molar-refractivity contribution in [3.05, 3.63) is 41.6 Å². The molecule has 18 heavy (non-hydrogen) atoms. The van der Waals surface area contributed by atoms with Crippen molar-refractivity contribution in [2.75, 3.05) is 12.4 Å². The van der Waals surface area contributed by atoms with Crippen LogP contribution in [0.15, 0.2) is 41.0 Å². The zero-order valence-electron chi connectivity index (χ0n) is 9.93. The van der Waals surface area contributed by atoms with Crippen LogP contribution < -0.4 is 10.1 Å². The van der Waals surface area contributed by atoms with Crippen LogP contribution in [0.3, 0.4) is 0 Å². The molecule has 0 aromatic heterocycles. The van der Waals surface area contributed by atoms with Crippen LogP contribution in [0.2, 0.25) is 0 Å². The van der Waals surface area contributed by atoms with Gasteiger partial charge in [0.05, 0.1) is 7.11 Å². The summed E-state index contributed by atoms with van der Waals surface area (Å²) >= 11 is 0. The van der Waals surface area contributed by atoms with Gasteiger partial charge in [0.1, 0.15) is 5.75 Å². The summed E-state index contributed by atoms with van der Waals surface area (Å²) in [6.07, 6.45) is 6.26. The highest BCUT2D eigenvalue weighted by Gasteiger charge is 2.24. The van der Waals surface area contributed by atoms with Crippen LogP contribution in [0.1, 0.15) is 12.0 Å². The fourth-order valence-electron chi connectivity index (χ4n) is 2.08. The van der Waals surface area contributed by atoms with E-state index >= 15 is 0 Å². The first kappa shape index (κ1) is 10.8. The van der Waals surface area contributed by atoms with Crippen molar-refractivity contribution in [2.24, 2.45) is 4.99 Å². The number of fused-ring (bicyclic) bond motifs is 1. The number of hydrogen-bond acceptors (Lipinski definition) is 3. The second kappa shape index (κ2) is 4.14. The Morgan fingerprint density at radius 3 is 3.06 bits per heavy atom. The fraction of sp³-hybridized carbons (Fsp3) is 0.143. The average Bonchev–Trinajstić information content (AvgIpc) is 2.99. The highest BCUT2D eigenvalue weighted by atomic mass is 16.5. The van der Waals surface area contributed by atoms with Gasteiger partial charge >= 0.3 is 0 Å². The summed E-state index contributed by atoms with van der Waals surface area (Å²) in [6.45, 7) is 0. The quantitative estimate of drug-likeness (QED) is 0.807. The van der Waals surface area contributed by atoms with Crippen molar-refractivity contribution in [3.8, 4) is 5.75 Å². The van der Waals surface area contributed by atoms with E-state index < -0.39 is 0 Å². The summed E-state index contributed by atoms with van der Waals surface area (Å²) in [6, 6.07) is 5.56. The Hall–Kier alpha value is -2.36. The molecule has 1 aromatic carbocycles. The van der Waals surface area contributed by atoms with E-state index in [1.165, 1.54) is 0 Å². The zero-order valence-corrected chi connectivity index (χ0v) is 9.93. The SMILES string of the molecule is COc1ccc2c(c1)/C(=C/C1=CN=CC1)C(=O)N2. The number of rotatable bonds is 2. The molecule has 0 atom stereocenters. The van der Waals surface area contributed by atoms with Crippen LogP contribution in [-0.2, 0) is 4.79 Å². The molecule has 3 rings (SSSR count). The third-order valence-corrected chi connectivity index (χ3v) is 3.01. The molecule has 1 N–H and O–H groups in total. The van der Waals surface area contributed by atoms with Crippen LogP contribution in [0, 0.1) is 0 Å². The Labute approximate surface area is 105 Å². The molecule has 1 amide bonds. The van der Waals surface area contributed by atoms with Gasteiger partial charge in [-0.1, -0.05) is 0 Å². The third kappa shape index (κ3) is 1.72. The second-order valence-electron chi connectivity index (χ2n) is 4.16. The summed E-state index contributed by atoms with van der Waals surface area (Å²) in [4.78, 5) is 16.0. The number of carbonyl (C=O) groups excluding carboxylic acids is 1. The van der Waals surface area contributed by atoms with E-state index in [0.717, 1.165) is 29.0 Å². The molecule has 0 fully saturated rings. The van der Waals surface area contributed by atoms with Crippen LogP contribution >= 0.6 is 0 Å². The van der Waals surface area contributed by atoms with Gasteiger partial charge in [0, 0.05) is 35.7 Å². The van der Waals surface area contributed by atoms with Gasteiger partial charge in [-0.15, -0.1) is 0 Å². The Kier molecular flexibility index (Phi) is 2.48. The van der Waals surface area contributed by atoms with Gasteiger partial charge in [0.2, 0.25) is 0 Å². The van der Waals surface area contributed by atoms with Crippen molar-refractivity contribution in [1.82, 2.24) is 0 Å². The Morgan fingerprint density at radius 1 is 1.44 bits per heavy atom. The summed E-state index contributed by atoms with van der Waals surface area (Å²) in [5, 5.41) is 2.84. The Bertz CT molecular complexity index is 612. The van der Waals surface area contributed by atoms with Crippen molar-refractivity contribution >= 4 is 23.4 Å². The van der Waals surface area contributed by atoms with Gasteiger partial charge in [0.25, 0.3) is 5.91 Å². The molecule has 4 nitrogen and oxygen atoms in total. The maximum Gasteiger partial charge on any atom is 0.256 e. The third-order valence-electron chi connectivity index (χ3n) is 3.01. The first-order valence-electron chi connectivity index (χ1n) is 5.70. The minimum absolute atomic E-state index is 0.0777. The summed E-state index contributed by atoms with van der Waals surface area (Å²) < 4.78 is 5.19. The summed E-state index contributed by atoms with van der Waals surface area (Å²) in [5.41, 5.74) is 3.41. The molecule has 2 aliphatic heterocycles. The Morgan fingerprint density at radius 2 is 2.33 bits per heavy atom. The topological polar surface area (TPSA) is 50.7 Å². The zero-order chi connectivity index (χ0) is 12.5. The summed E-state index contributed by atoms with van der Waals surface area (Å²) in [5.74, 6) is 0.666. The van der Waals surface area contributed by atoms with Crippen LogP contribution in [0.5, 0.6) is 5.75 Å². The highest BCUT2D eigenvalue weighted by molar-refractivity contribution is 6.32. The standard InChI is InChI=1S/C14H12N2O2/c1-18-10-2-3-13-11(7-10)12(14(17)16-13)6-9-4-5-15-8-9/h2-3,5-8H,4H2,1H3,(H,16,17)/b12-6-. The Balaban J connectivity index is 2.05. The van der Waals surface area contributed by atoms with E-state index in [2.05, 4.69) is 10.3 Å². The van der Waals surface area contributed by atoms with Gasteiger partial charge in [0.15, 0.2) is 0 Å². The lowest BCUT2D eigenvalue weighted by Gasteiger charge is -2.03. The van der Waals surface area contributed by atoms with Gasteiger partial charge in [-0.25, -0.2) is 0 Å². The minimum Gasteiger partial charge on any atom is -0.497 e. The van der Waals surface area contributed by atoms with E-state index in [0.29, 0.717) is 5.57 Å². The molecule has 2 heterocycles. The van der Waals surface area contributed by atoms with Crippen LogP contribution in [-0.4, -0.2) is 19.2 Å². The lowest BCUT2D eigenvalue weighted by molar-refractivity contribution is -0.110. The van der Waals surface area contributed by atoms with Crippen LogP contribution in [0.25, 0.3) is 5.57 Å². The smallest absolute Gasteiger partial charge is 0.256 e. The van der Waals surface area contributed by atoms with E-state index in [9.17, 15) is 4.79 Å². The number of nitrogens with one attached hydrogen (secondary N) is 1. The predicted octanol–water partition coefficient (Wildman–Crippen LogP) is 2.39. The average molecular weight is 240 g/mol. The molecule has 0 saturated carbocycles. The molecule has 0 bridgehead atoms. The summed E-state index contributed by atoms with van der Waals surface area (Å²) in [7, 11) is 1.61. The fourth-order valence-corrected chi connectivity index (χ4v) is 2.08. The number of ether oxygens (including phenoxy) is 1. The van der Waals surface area contributed by atoms with E-state index in [4.69, 9.17) is 4.74 Å². The maximum absolute atomic E-state index is 11.9. The molecule has 0 aliphatic carbocycles. The lowest BCUT2D eigenvalue weighted by Crippen LogP contribution is -2.03. The molecule has 90 valence electrons. The molecule has 2 aliphatic rings. The molecule has 0 radical (unpaired) electrons. The molecular weight excluding hydrogens is 228 g/mol. The number of amides is 1. The number of hydrogen-bond donors (Lipinski definition) is 1. The number of methoxy groups -OCH3 is 1. The number of allylic oxidation sites excluding steroid dienone is 2. The molecule has 0 saturated heterocycles. The number of benzene rings is 1. The maximum atomic E-state index is 11.9. The van der Waals surface area contributed by atoms with Gasteiger partial charge in [-0.05, 0) is 29.8 Å². The highest BCUT2D eigenvalue weighted by Crippen LogP contribution is 2.35. The first-order valence-corrected chi connectivity index (χ1v) is 5.70. The lowest BCUT2D eigenvalue weighted by atomic mass is 10.0. The van der Waals surface area contributed by atoms with E-state index in [1.54, 1.807) is 13.3 Å². The molecule has 1 aromatic rings. The van der Waals surface area contributed by atoms with Crippen molar-refractivity contribution in [2.45, 2.75) is 6.42 Å². The van der Waals surface area contributed by atoms with Gasteiger partial charge in [-0.3, -0.25) is 9.79 Å². The normalized spacial score (nSPS) is 18.8. The largest absolute Gasteiger partial charge is 0.497 e. The molecule has 0 spiro atoms. The van der Waals surface area contributed by atoms with Gasteiger partial charge < -0.3 is 10.1 Å². The molecule has 0 unspecified atom stereocenters. The first-order chi connectivity index (χ1) is 8.78. The van der Waals surface area contributed by atoms with E-state index in [1.807, 2.05) is 30.5 Å². The van der Waals surface area contributed by atoms with Gasteiger partial charge in [-0.2, -0.15) is 0 Å². The molecule has 4 heteroatoms. The number of nitrogens with zero attached hydrogens (tertiary/aromatic N) is 1. The van der Waals surface area contributed by atoms with Crippen molar-refractivity contribution in [3.63, 3.8) is 0 Å². The number of aliphatic imine (C=N–C) groups is 1. The number of carbonyl (C=O) groups is 1. The molecular formula is C14H12N2O2. The van der Waals surface area contributed by atoms with E-state index in [-0.39, 0.29) is 5.91 Å². The van der Waals surface area contributed by atoms with Crippen molar-refractivity contribution in [1.29, 1.82) is 0 Å². The minimum atomic E-state index is -0.0777. The predicted molar refractivity (Wildman–Crippen MR) is 70.8 cm³/mol. The monoisotopic (exact) mass is 240 g/mol. The van der Waals surface area contributed by atoms with Crippen molar-refractivity contribution < 1.29 is 9.53 Å². The van der Waals surface area contributed by atoms with Crippen LogP contribution in [0.4, 0.5) is 5.69 Å². The number of anilines is 1.